The second-order valence-corrected chi connectivity index (χ2v) is 18.9. The number of aliphatic hydroxyl groups is 2. The molecule has 4 fully saturated rings. The fraction of sp³-hybridized carbons (Fsp3) is 0.660. The molecular weight excluding hydrogens is 764 g/mol. The molecule has 4 aliphatic carbocycles. The van der Waals surface area contributed by atoms with Crippen LogP contribution in [-0.2, 0) is 4.74 Å². The van der Waals surface area contributed by atoms with Crippen molar-refractivity contribution < 1.29 is 100 Å². The van der Waals surface area contributed by atoms with Gasteiger partial charge in [0.25, 0.3) is 0 Å². The number of fused-ring (bicyclic) bond motifs is 3. The second kappa shape index (κ2) is 19.1. The number of benzene rings is 2. The first-order valence-corrected chi connectivity index (χ1v) is 20.4. The summed E-state index contributed by atoms with van der Waals surface area (Å²) < 4.78 is 27.7. The standard InChI is InChI=1S/2C23H32O4.CH4O.K.H2O/c1-21(2)8-7-9-22(3)17(21)13-18-23(4,27-18)20(22)19(24)14-10-15(25-5)12-16(11-14)26-6;1-14-18(24)13-19-22(2,3)8-7-9-23(19,4)20(14)21(25)15-10-16(26-5)12-17(11-15)27-6;1-2;;/h10-12,17-18,20H,7-9,13H2,1-6H3;10-12,18-19,24H,7-9,13H2,1-6H3;2H,1H3;;1H2/q;;;+1;/p-1/t17-,18+,20+,22-,23+;18-,19+,23+;;;/m01.../s1. The summed E-state index contributed by atoms with van der Waals surface area (Å²) >= 11 is 0. The van der Waals surface area contributed by atoms with Gasteiger partial charge in [-0.2, -0.15) is 0 Å². The zero-order valence-electron chi connectivity index (χ0n) is 37.7. The molecule has 3 saturated carbocycles. The maximum Gasteiger partial charge on any atom is 1.00 e. The van der Waals surface area contributed by atoms with E-state index in [-0.39, 0.29) is 114 Å². The zero-order chi connectivity index (χ0) is 41.6. The molecule has 0 unspecified atom stereocenters. The summed E-state index contributed by atoms with van der Waals surface area (Å²) in [6.07, 6.45) is 8.14. The predicted molar refractivity (Wildman–Crippen MR) is 221 cm³/mol. The quantitative estimate of drug-likeness (QED) is 0.180. The number of aliphatic hydroxyl groups excluding tert-OH is 2. The molecule has 3 N–H and O–H groups in total. The Labute approximate surface area is 389 Å². The molecule has 11 heteroatoms. The molecule has 318 valence electrons. The number of carbonyl (C=O) groups is 2. The Morgan fingerprint density at radius 1 is 0.672 bits per heavy atom. The number of carbonyl (C=O) groups excluding carboxylic acids is 2. The van der Waals surface area contributed by atoms with Gasteiger partial charge in [0.15, 0.2) is 11.6 Å². The van der Waals surface area contributed by atoms with Crippen molar-refractivity contribution in [1.82, 2.24) is 0 Å². The van der Waals surface area contributed by atoms with E-state index in [1.165, 1.54) is 12.8 Å². The molecule has 0 bridgehead atoms. The summed E-state index contributed by atoms with van der Waals surface area (Å²) in [5.41, 5.74) is 2.56. The van der Waals surface area contributed by atoms with Crippen molar-refractivity contribution in [3.63, 3.8) is 0 Å². The monoisotopic (exact) mass is 832 g/mol. The molecule has 2 aromatic carbocycles. The summed E-state index contributed by atoms with van der Waals surface area (Å²) in [7, 11) is 7.40. The van der Waals surface area contributed by atoms with Crippen LogP contribution in [0.4, 0.5) is 0 Å². The average Bonchev–Trinajstić information content (AvgIpc) is 3.84. The summed E-state index contributed by atoms with van der Waals surface area (Å²) in [4.78, 5) is 27.5. The number of hydrogen-bond donors (Lipinski definition) is 2. The van der Waals surface area contributed by atoms with Crippen LogP contribution in [0, 0.1) is 39.4 Å². The minimum absolute atomic E-state index is 0. The molecular formula is C47H69KO10. The van der Waals surface area contributed by atoms with Crippen molar-refractivity contribution in [2.75, 3.05) is 35.5 Å². The Balaban J connectivity index is 0.000000288. The van der Waals surface area contributed by atoms with E-state index in [1.807, 2.05) is 25.1 Å². The summed E-state index contributed by atoms with van der Waals surface area (Å²) in [5.74, 6) is 3.29. The van der Waals surface area contributed by atoms with E-state index in [0.29, 0.717) is 40.0 Å². The van der Waals surface area contributed by atoms with Gasteiger partial charge in [0.1, 0.15) is 28.6 Å². The number of allylic oxidation sites excluding steroid dienone is 1. The molecule has 1 aliphatic heterocycles. The smallest absolute Gasteiger partial charge is 0.870 e. The molecule has 1 heterocycles. The second-order valence-electron chi connectivity index (χ2n) is 18.9. The molecule has 10 nitrogen and oxygen atoms in total. The number of rotatable bonds is 8. The van der Waals surface area contributed by atoms with E-state index in [1.54, 1.807) is 46.6 Å². The van der Waals surface area contributed by atoms with Gasteiger partial charge in [-0.3, -0.25) is 9.59 Å². The number of ether oxygens (including phenoxy) is 5. The van der Waals surface area contributed by atoms with E-state index >= 15 is 0 Å². The molecule has 8 atom stereocenters. The minimum Gasteiger partial charge on any atom is -0.870 e. The SMILES string of the molecule is CO.COc1cc(OC)cc(C(=O)C2=C(C)[C@H](O)C[C@H]3C(C)(C)CCC[C@]23C)c1.COc1cc(OC)cc(C(=O)[C@@H]2[C@@]3(C)CCCC(C)(C)[C@@H]3C[C@H]3O[C@@]23C)c1.[K+].[OH-]. The zero-order valence-corrected chi connectivity index (χ0v) is 40.8. The molecule has 1 saturated heterocycles. The Morgan fingerprint density at radius 3 is 1.60 bits per heavy atom. The molecule has 0 radical (unpaired) electrons. The van der Waals surface area contributed by atoms with Gasteiger partial charge in [-0.05, 0) is 116 Å². The van der Waals surface area contributed by atoms with Crippen molar-refractivity contribution in [3.05, 3.63) is 58.7 Å². The van der Waals surface area contributed by atoms with Gasteiger partial charge >= 0.3 is 51.4 Å². The number of epoxide rings is 1. The van der Waals surface area contributed by atoms with Crippen LogP contribution in [0.1, 0.15) is 127 Å². The molecule has 0 aromatic heterocycles. The van der Waals surface area contributed by atoms with E-state index in [4.69, 9.17) is 28.8 Å². The van der Waals surface area contributed by atoms with Crippen molar-refractivity contribution in [1.29, 1.82) is 0 Å². The van der Waals surface area contributed by atoms with Crippen molar-refractivity contribution in [2.45, 2.75) is 125 Å². The first-order valence-electron chi connectivity index (χ1n) is 20.4. The van der Waals surface area contributed by atoms with Crippen LogP contribution in [0.15, 0.2) is 47.5 Å². The van der Waals surface area contributed by atoms with Crippen LogP contribution in [0.25, 0.3) is 0 Å². The molecule has 0 spiro atoms. The summed E-state index contributed by atoms with van der Waals surface area (Å²) in [6, 6.07) is 10.8. The van der Waals surface area contributed by atoms with Crippen molar-refractivity contribution in [2.24, 2.45) is 39.4 Å². The Morgan fingerprint density at radius 2 is 1.12 bits per heavy atom. The normalized spacial score (nSPS) is 32.2. The van der Waals surface area contributed by atoms with Gasteiger partial charge in [0.05, 0.1) is 46.6 Å². The number of ketones is 2. The van der Waals surface area contributed by atoms with Crippen LogP contribution in [0.2, 0.25) is 0 Å². The third-order valence-corrected chi connectivity index (χ3v) is 14.8. The Hall–Kier alpha value is -1.80. The van der Waals surface area contributed by atoms with Gasteiger partial charge in [-0.25, -0.2) is 0 Å². The fourth-order valence-corrected chi connectivity index (χ4v) is 12.0. The van der Waals surface area contributed by atoms with Gasteiger partial charge < -0.3 is 39.4 Å². The van der Waals surface area contributed by atoms with Gasteiger partial charge in [0, 0.05) is 35.9 Å². The largest absolute Gasteiger partial charge is 1.00 e. The third-order valence-electron chi connectivity index (χ3n) is 14.8. The maximum atomic E-state index is 13.9. The van der Waals surface area contributed by atoms with E-state index in [2.05, 4.69) is 48.5 Å². The topological polar surface area (TPSA) is 154 Å². The molecule has 58 heavy (non-hydrogen) atoms. The maximum absolute atomic E-state index is 13.9. The Kier molecular flexibility index (Phi) is 16.6. The third kappa shape index (κ3) is 9.19. The van der Waals surface area contributed by atoms with Crippen LogP contribution < -0.4 is 70.3 Å². The molecule has 7 rings (SSSR count). The van der Waals surface area contributed by atoms with Gasteiger partial charge in [-0.1, -0.05) is 54.4 Å². The first kappa shape index (κ1) is 50.6. The number of Topliss-reactive ketones (excluding diaryl/α,β-unsaturated/α-hetero) is 2. The predicted octanol–water partition coefficient (Wildman–Crippen LogP) is 6.13. The van der Waals surface area contributed by atoms with Crippen LogP contribution in [-0.4, -0.2) is 80.6 Å². The Bertz CT molecular complexity index is 1780. The first-order chi connectivity index (χ1) is 26.3. The molecule has 5 aliphatic rings. The summed E-state index contributed by atoms with van der Waals surface area (Å²) in [6.45, 7) is 17.9. The average molecular weight is 833 g/mol. The number of methoxy groups -OCH3 is 4. The van der Waals surface area contributed by atoms with Crippen molar-refractivity contribution in [3.8, 4) is 23.0 Å². The minimum atomic E-state index is -0.563. The van der Waals surface area contributed by atoms with E-state index in [0.717, 1.165) is 56.8 Å². The van der Waals surface area contributed by atoms with Gasteiger partial charge in [-0.15, -0.1) is 0 Å². The summed E-state index contributed by atoms with van der Waals surface area (Å²) in [5, 5.41) is 17.8. The van der Waals surface area contributed by atoms with Crippen LogP contribution >= 0.6 is 0 Å². The molecule has 2 aromatic rings. The van der Waals surface area contributed by atoms with Crippen molar-refractivity contribution >= 4 is 11.6 Å². The van der Waals surface area contributed by atoms with Crippen LogP contribution in [0.5, 0.6) is 23.0 Å². The van der Waals surface area contributed by atoms with Crippen LogP contribution in [0.3, 0.4) is 0 Å². The van der Waals surface area contributed by atoms with E-state index in [9.17, 15) is 14.7 Å². The molecule has 0 amide bonds. The number of hydrogen-bond acceptors (Lipinski definition) is 10. The van der Waals surface area contributed by atoms with E-state index < -0.39 is 6.10 Å². The van der Waals surface area contributed by atoms with Gasteiger partial charge in [0.2, 0.25) is 0 Å². The fourth-order valence-electron chi connectivity index (χ4n) is 12.0.